The minimum Gasteiger partial charge on any atom is -0.347 e. The van der Waals surface area contributed by atoms with Crippen molar-refractivity contribution in [2.45, 2.75) is 18.9 Å². The van der Waals surface area contributed by atoms with Crippen molar-refractivity contribution in [1.29, 1.82) is 5.26 Å². The molecule has 0 bridgehead atoms. The maximum atomic E-state index is 11.9. The molecule has 2 amide bonds. The number of amides is 2. The van der Waals surface area contributed by atoms with Gasteiger partial charge in [0.15, 0.2) is 0 Å². The molecular weight excluding hydrogens is 194 g/mol. The molecule has 2 aliphatic rings. The van der Waals surface area contributed by atoms with Crippen molar-refractivity contribution in [3.63, 3.8) is 0 Å². The van der Waals surface area contributed by atoms with Gasteiger partial charge in [0.25, 0.3) is 0 Å². The Balaban J connectivity index is 1.88. The zero-order valence-electron chi connectivity index (χ0n) is 8.35. The van der Waals surface area contributed by atoms with Crippen LogP contribution >= 0.6 is 0 Å². The molecule has 2 rings (SSSR count). The van der Waals surface area contributed by atoms with Crippen LogP contribution in [0.15, 0.2) is 0 Å². The molecule has 1 saturated heterocycles. The molecule has 5 nitrogen and oxygen atoms in total. The first kappa shape index (κ1) is 9.97. The molecule has 2 fully saturated rings. The number of carbonyl (C=O) groups excluding carboxylic acids is 2. The summed E-state index contributed by atoms with van der Waals surface area (Å²) in [4.78, 5) is 23.9. The van der Waals surface area contributed by atoms with Gasteiger partial charge in [-0.05, 0) is 18.8 Å². The van der Waals surface area contributed by atoms with Crippen LogP contribution in [0.4, 0.5) is 0 Å². The highest BCUT2D eigenvalue weighted by atomic mass is 16.2. The van der Waals surface area contributed by atoms with Gasteiger partial charge < -0.3 is 10.2 Å². The standard InChI is InChI=1S/C10H13N3O2/c11-3-7-4-13(5-7)10(15)9(12-6-14)8-1-2-8/h6-9H,1-2,4-5H2,(H,12,14)/t9-/m1/s1. The van der Waals surface area contributed by atoms with E-state index < -0.39 is 0 Å². The van der Waals surface area contributed by atoms with Crippen LogP contribution in [0.5, 0.6) is 0 Å². The Hall–Kier alpha value is -1.57. The van der Waals surface area contributed by atoms with Crippen LogP contribution in [0.2, 0.25) is 0 Å². The Morgan fingerprint density at radius 1 is 1.53 bits per heavy atom. The number of rotatable bonds is 4. The van der Waals surface area contributed by atoms with Crippen LogP contribution in [-0.4, -0.2) is 36.3 Å². The molecule has 0 unspecified atom stereocenters. The fourth-order valence-electron chi connectivity index (χ4n) is 1.85. The van der Waals surface area contributed by atoms with E-state index in [9.17, 15) is 9.59 Å². The van der Waals surface area contributed by atoms with Crippen molar-refractivity contribution in [1.82, 2.24) is 10.2 Å². The van der Waals surface area contributed by atoms with Crippen molar-refractivity contribution >= 4 is 12.3 Å². The third-order valence-corrected chi connectivity index (χ3v) is 2.98. The summed E-state index contributed by atoms with van der Waals surface area (Å²) < 4.78 is 0. The van der Waals surface area contributed by atoms with Gasteiger partial charge in [0, 0.05) is 13.1 Å². The Bertz CT molecular complexity index is 313. The first-order valence-corrected chi connectivity index (χ1v) is 5.14. The van der Waals surface area contributed by atoms with E-state index in [0.29, 0.717) is 25.4 Å². The van der Waals surface area contributed by atoms with E-state index in [2.05, 4.69) is 11.4 Å². The summed E-state index contributed by atoms with van der Waals surface area (Å²) in [5.74, 6) is 0.255. The second-order valence-corrected chi connectivity index (χ2v) is 4.17. The second kappa shape index (κ2) is 3.89. The molecule has 0 spiro atoms. The molecule has 80 valence electrons. The van der Waals surface area contributed by atoms with Crippen LogP contribution in [-0.2, 0) is 9.59 Å². The maximum absolute atomic E-state index is 11.9. The van der Waals surface area contributed by atoms with Crippen LogP contribution < -0.4 is 5.32 Å². The third-order valence-electron chi connectivity index (χ3n) is 2.98. The molecule has 1 aliphatic carbocycles. The zero-order chi connectivity index (χ0) is 10.8. The van der Waals surface area contributed by atoms with Crippen molar-refractivity contribution < 1.29 is 9.59 Å². The normalized spacial score (nSPS) is 22.5. The van der Waals surface area contributed by atoms with E-state index in [1.165, 1.54) is 0 Å². The smallest absolute Gasteiger partial charge is 0.245 e. The minimum atomic E-state index is -0.359. The van der Waals surface area contributed by atoms with Crippen molar-refractivity contribution in [3.05, 3.63) is 0 Å². The monoisotopic (exact) mass is 207 g/mol. The van der Waals surface area contributed by atoms with Crippen molar-refractivity contribution in [2.75, 3.05) is 13.1 Å². The molecule has 0 aromatic heterocycles. The Morgan fingerprint density at radius 2 is 2.20 bits per heavy atom. The highest BCUT2D eigenvalue weighted by Crippen LogP contribution is 2.34. The summed E-state index contributed by atoms with van der Waals surface area (Å²) >= 11 is 0. The van der Waals surface area contributed by atoms with E-state index in [4.69, 9.17) is 5.26 Å². The van der Waals surface area contributed by atoms with Gasteiger partial charge in [-0.3, -0.25) is 9.59 Å². The lowest BCUT2D eigenvalue weighted by Gasteiger charge is -2.37. The summed E-state index contributed by atoms with van der Waals surface area (Å²) in [6.45, 7) is 1.03. The summed E-state index contributed by atoms with van der Waals surface area (Å²) in [6, 6.07) is 1.76. The topological polar surface area (TPSA) is 73.2 Å². The number of hydrogen-bond donors (Lipinski definition) is 1. The van der Waals surface area contributed by atoms with Gasteiger partial charge in [-0.1, -0.05) is 0 Å². The van der Waals surface area contributed by atoms with Crippen LogP contribution in [0.3, 0.4) is 0 Å². The van der Waals surface area contributed by atoms with Crippen LogP contribution in [0.1, 0.15) is 12.8 Å². The van der Waals surface area contributed by atoms with Crippen molar-refractivity contribution in [2.24, 2.45) is 11.8 Å². The second-order valence-electron chi connectivity index (χ2n) is 4.17. The molecule has 1 saturated carbocycles. The molecule has 5 heteroatoms. The Kier molecular flexibility index (Phi) is 2.58. The molecule has 0 aromatic carbocycles. The first-order chi connectivity index (χ1) is 7.26. The van der Waals surface area contributed by atoms with E-state index in [0.717, 1.165) is 12.8 Å². The third kappa shape index (κ3) is 1.94. The molecule has 1 N–H and O–H groups in total. The molecule has 0 aromatic rings. The lowest BCUT2D eigenvalue weighted by atomic mass is 10.00. The van der Waals surface area contributed by atoms with Gasteiger partial charge in [0.2, 0.25) is 12.3 Å². The quantitative estimate of drug-likeness (QED) is 0.631. The number of nitrogens with zero attached hydrogens (tertiary/aromatic N) is 2. The SMILES string of the molecule is N#CC1CN(C(=O)[C@H](NC=O)C2CC2)C1. The average molecular weight is 207 g/mol. The van der Waals surface area contributed by atoms with E-state index in [1.807, 2.05) is 0 Å². The number of nitrogens with one attached hydrogen (secondary N) is 1. The van der Waals surface area contributed by atoms with Crippen molar-refractivity contribution in [3.8, 4) is 6.07 Å². The van der Waals surface area contributed by atoms with E-state index in [-0.39, 0.29) is 17.9 Å². The zero-order valence-corrected chi connectivity index (χ0v) is 8.35. The van der Waals surface area contributed by atoms with Gasteiger partial charge in [-0.15, -0.1) is 0 Å². The maximum Gasteiger partial charge on any atom is 0.245 e. The van der Waals surface area contributed by atoms with Gasteiger partial charge in [0.05, 0.1) is 12.0 Å². The molecule has 1 heterocycles. The number of carbonyl (C=O) groups is 2. The summed E-state index contributed by atoms with van der Waals surface area (Å²) in [5.41, 5.74) is 0. The minimum absolute atomic E-state index is 0.0231. The van der Waals surface area contributed by atoms with Crippen LogP contribution in [0.25, 0.3) is 0 Å². The van der Waals surface area contributed by atoms with Gasteiger partial charge in [0.1, 0.15) is 6.04 Å². The lowest BCUT2D eigenvalue weighted by Crippen LogP contribution is -2.56. The Labute approximate surface area is 88.0 Å². The largest absolute Gasteiger partial charge is 0.347 e. The van der Waals surface area contributed by atoms with Gasteiger partial charge in [-0.2, -0.15) is 5.26 Å². The summed E-state index contributed by atoms with van der Waals surface area (Å²) in [5, 5.41) is 11.2. The van der Waals surface area contributed by atoms with E-state index >= 15 is 0 Å². The first-order valence-electron chi connectivity index (χ1n) is 5.14. The highest BCUT2D eigenvalue weighted by molar-refractivity contribution is 5.85. The Morgan fingerprint density at radius 3 is 2.67 bits per heavy atom. The fraction of sp³-hybridized carbons (Fsp3) is 0.700. The van der Waals surface area contributed by atoms with Gasteiger partial charge in [-0.25, -0.2) is 0 Å². The molecular formula is C10H13N3O2. The number of hydrogen-bond acceptors (Lipinski definition) is 3. The fourth-order valence-corrected chi connectivity index (χ4v) is 1.85. The molecule has 1 atom stereocenters. The van der Waals surface area contributed by atoms with E-state index in [1.54, 1.807) is 4.90 Å². The number of nitriles is 1. The average Bonchev–Trinajstić information content (AvgIpc) is 2.95. The predicted octanol–water partition coefficient (Wildman–Crippen LogP) is -0.507. The molecule has 0 radical (unpaired) electrons. The molecule has 15 heavy (non-hydrogen) atoms. The molecule has 1 aliphatic heterocycles. The lowest BCUT2D eigenvalue weighted by molar-refractivity contribution is -0.140. The predicted molar refractivity (Wildman–Crippen MR) is 51.4 cm³/mol. The summed E-state index contributed by atoms with van der Waals surface area (Å²) in [7, 11) is 0. The number of likely N-dealkylation sites (tertiary alicyclic amines) is 1. The summed E-state index contributed by atoms with van der Waals surface area (Å²) in [6.07, 6.45) is 2.60. The highest BCUT2D eigenvalue weighted by Gasteiger charge is 2.41. The van der Waals surface area contributed by atoms with Crippen LogP contribution in [0, 0.1) is 23.2 Å². The van der Waals surface area contributed by atoms with Gasteiger partial charge >= 0.3 is 0 Å².